The predicted octanol–water partition coefficient (Wildman–Crippen LogP) is 2.83. The van der Waals surface area contributed by atoms with Crippen LogP contribution in [-0.2, 0) is 27.1 Å². The fourth-order valence-corrected chi connectivity index (χ4v) is 6.49. The summed E-state index contributed by atoms with van der Waals surface area (Å²) >= 11 is 0. The van der Waals surface area contributed by atoms with Crippen molar-refractivity contribution in [1.82, 2.24) is 25.1 Å². The van der Waals surface area contributed by atoms with E-state index in [-0.39, 0.29) is 31.8 Å². The number of benzene rings is 2. The molecule has 1 saturated heterocycles. The maximum atomic E-state index is 16.3. The summed E-state index contributed by atoms with van der Waals surface area (Å²) in [6.45, 7) is 1.11. The van der Waals surface area contributed by atoms with E-state index in [0.29, 0.717) is 38.1 Å². The predicted molar refractivity (Wildman–Crippen MR) is 130 cm³/mol. The van der Waals surface area contributed by atoms with E-state index in [1.54, 1.807) is 29.2 Å². The quantitative estimate of drug-likeness (QED) is 0.401. The van der Waals surface area contributed by atoms with Crippen LogP contribution in [-0.4, -0.2) is 75.0 Å². The Bertz CT molecular complexity index is 1380. The second-order valence-corrected chi connectivity index (χ2v) is 11.0. The van der Waals surface area contributed by atoms with E-state index in [0.717, 1.165) is 28.7 Å². The third-order valence-corrected chi connectivity index (χ3v) is 8.57. The Morgan fingerprint density at radius 1 is 1.07 bits per heavy atom. The molecular weight excluding hydrogens is 534 g/mol. The summed E-state index contributed by atoms with van der Waals surface area (Å²) < 4.78 is 72.8. The van der Waals surface area contributed by atoms with Gasteiger partial charge in [0.05, 0.1) is 19.8 Å². The highest BCUT2D eigenvalue weighted by Crippen LogP contribution is 2.80. The van der Waals surface area contributed by atoms with E-state index in [4.69, 9.17) is 9.47 Å². The molecule has 0 radical (unpaired) electrons. The molecule has 1 aliphatic heterocycles. The monoisotopic (exact) mass is 561 g/mol. The summed E-state index contributed by atoms with van der Waals surface area (Å²) in [5.41, 5.74) is -5.01. The molecule has 40 heavy (non-hydrogen) atoms. The first kappa shape index (κ1) is 26.6. The lowest BCUT2D eigenvalue weighted by molar-refractivity contribution is -0.347. The Kier molecular flexibility index (Phi) is 6.33. The minimum Gasteiger partial charge on any atom is -0.484 e. The van der Waals surface area contributed by atoms with Gasteiger partial charge in [0, 0.05) is 30.1 Å². The smallest absolute Gasteiger partial charge is 0.287 e. The molecular formula is C27H27F4N5O4. The van der Waals surface area contributed by atoms with E-state index >= 15 is 8.78 Å². The highest BCUT2D eigenvalue weighted by atomic mass is 19.3. The summed E-state index contributed by atoms with van der Waals surface area (Å²) in [6.07, 6.45) is 1.26. The summed E-state index contributed by atoms with van der Waals surface area (Å²) in [5.74, 6) is -5.67. The highest BCUT2D eigenvalue weighted by molar-refractivity contribution is 5.77. The molecule has 1 N–H and O–H groups in total. The van der Waals surface area contributed by atoms with Gasteiger partial charge >= 0.3 is 0 Å². The van der Waals surface area contributed by atoms with Crippen LogP contribution >= 0.6 is 0 Å². The Labute approximate surface area is 226 Å². The van der Waals surface area contributed by atoms with E-state index in [9.17, 15) is 18.7 Å². The van der Waals surface area contributed by atoms with Crippen LogP contribution in [0.25, 0.3) is 0 Å². The third-order valence-electron chi connectivity index (χ3n) is 8.57. The van der Waals surface area contributed by atoms with Gasteiger partial charge < -0.3 is 19.5 Å². The fourth-order valence-electron chi connectivity index (χ4n) is 6.49. The van der Waals surface area contributed by atoms with E-state index in [1.165, 1.54) is 0 Å². The standard InChI is InChI=1S/C27H27F4N5O4/c28-19-3-6-21(22(29)11-19)26(38,16-36-17-32-33-34-36)27(30,31)25-13-24(14-25,15-25)18-1-4-20(5-2-18)40-12-23(37)35-7-9-39-10-8-35/h1-6,11,17,38H,7-10,12-16H2/t24?,25?,26-/m0/s1. The number of aromatic nitrogens is 4. The zero-order valence-electron chi connectivity index (χ0n) is 21.4. The number of carbonyl (C=O) groups excluding carboxylic acids is 1. The molecule has 2 heterocycles. The molecule has 3 aromatic rings. The van der Waals surface area contributed by atoms with Crippen molar-refractivity contribution in [3.8, 4) is 5.75 Å². The van der Waals surface area contributed by atoms with Gasteiger partial charge in [-0.1, -0.05) is 12.1 Å². The van der Waals surface area contributed by atoms with Crippen LogP contribution in [0, 0.1) is 17.0 Å². The zero-order chi connectivity index (χ0) is 28.2. The molecule has 4 fully saturated rings. The third kappa shape index (κ3) is 4.14. The maximum absolute atomic E-state index is 16.3. The zero-order valence-corrected chi connectivity index (χ0v) is 21.4. The summed E-state index contributed by atoms with van der Waals surface area (Å²) in [7, 11) is 0. The number of tetrazole rings is 1. The Balaban J connectivity index is 1.17. The lowest BCUT2D eigenvalue weighted by Gasteiger charge is -2.74. The summed E-state index contributed by atoms with van der Waals surface area (Å²) in [4.78, 5) is 14.0. The van der Waals surface area contributed by atoms with Crippen molar-refractivity contribution in [2.45, 2.75) is 42.7 Å². The van der Waals surface area contributed by atoms with E-state index < -0.39 is 46.1 Å². The normalized spacial score (nSPS) is 25.5. The number of carbonyl (C=O) groups is 1. The minimum atomic E-state index is -3.80. The van der Waals surface area contributed by atoms with Crippen LogP contribution < -0.4 is 4.74 Å². The number of amides is 1. The van der Waals surface area contributed by atoms with Gasteiger partial charge in [-0.2, -0.15) is 0 Å². The van der Waals surface area contributed by atoms with E-state index in [1.807, 2.05) is 0 Å². The summed E-state index contributed by atoms with van der Waals surface area (Å²) in [5, 5.41) is 21.9. The number of nitrogens with zero attached hydrogens (tertiary/aromatic N) is 5. The maximum Gasteiger partial charge on any atom is 0.287 e. The highest BCUT2D eigenvalue weighted by Gasteiger charge is 2.82. The van der Waals surface area contributed by atoms with Crippen LogP contribution in [0.15, 0.2) is 48.8 Å². The van der Waals surface area contributed by atoms with Crippen LogP contribution in [0.3, 0.4) is 0 Å². The largest absolute Gasteiger partial charge is 0.484 e. The second-order valence-electron chi connectivity index (χ2n) is 11.0. The molecule has 9 nitrogen and oxygen atoms in total. The van der Waals surface area contributed by atoms with Gasteiger partial charge in [-0.3, -0.25) is 4.79 Å². The first-order valence-electron chi connectivity index (χ1n) is 12.9. The Morgan fingerprint density at radius 3 is 2.40 bits per heavy atom. The molecule has 0 unspecified atom stereocenters. The lowest BCUT2D eigenvalue weighted by Crippen LogP contribution is -2.76. The fraction of sp³-hybridized carbons (Fsp3) is 0.481. The van der Waals surface area contributed by atoms with Crippen LogP contribution in [0.2, 0.25) is 0 Å². The number of alkyl halides is 2. The van der Waals surface area contributed by atoms with Gasteiger partial charge in [0.1, 0.15) is 23.7 Å². The second kappa shape index (κ2) is 9.51. The Morgan fingerprint density at radius 2 is 1.77 bits per heavy atom. The average molecular weight is 562 g/mol. The molecule has 3 aliphatic carbocycles. The van der Waals surface area contributed by atoms with E-state index in [2.05, 4.69) is 15.5 Å². The molecule has 1 aromatic heterocycles. The number of aliphatic hydroxyl groups is 1. The Hall–Kier alpha value is -3.58. The first-order valence-corrected chi connectivity index (χ1v) is 12.9. The number of morpholine rings is 1. The SMILES string of the molecule is O=C(COc1ccc(C23CC(C(F)(F)[C@](O)(Cn4cnnn4)c4ccc(F)cc4F)(C2)C3)cc1)N1CCOCC1. The van der Waals surface area contributed by atoms with Crippen molar-refractivity contribution in [2.24, 2.45) is 5.41 Å². The average Bonchev–Trinajstić information content (AvgIpc) is 3.39. The van der Waals surface area contributed by atoms with Crippen LogP contribution in [0.4, 0.5) is 17.6 Å². The summed E-state index contributed by atoms with van der Waals surface area (Å²) in [6, 6.07) is 9.14. The van der Waals surface area contributed by atoms with Crippen LogP contribution in [0.5, 0.6) is 5.75 Å². The molecule has 7 rings (SSSR count). The molecule has 1 atom stereocenters. The van der Waals surface area contributed by atoms with Gasteiger partial charge in [0.15, 0.2) is 12.2 Å². The van der Waals surface area contributed by atoms with Crippen molar-refractivity contribution in [3.63, 3.8) is 0 Å². The number of rotatable bonds is 9. The van der Waals surface area contributed by atoms with Gasteiger partial charge in [-0.15, -0.1) is 5.10 Å². The molecule has 212 valence electrons. The first-order chi connectivity index (χ1) is 19.1. The van der Waals surface area contributed by atoms with Crippen molar-refractivity contribution in [1.29, 1.82) is 0 Å². The van der Waals surface area contributed by atoms with Crippen molar-refractivity contribution in [3.05, 3.63) is 71.6 Å². The topological polar surface area (TPSA) is 103 Å². The van der Waals surface area contributed by atoms with Crippen molar-refractivity contribution in [2.75, 3.05) is 32.9 Å². The molecule has 3 saturated carbocycles. The molecule has 13 heteroatoms. The molecule has 0 spiro atoms. The number of ether oxygens (including phenoxy) is 2. The van der Waals surface area contributed by atoms with Crippen molar-refractivity contribution >= 4 is 5.91 Å². The number of hydrogen-bond acceptors (Lipinski definition) is 7. The molecule has 2 aromatic carbocycles. The molecule has 1 amide bonds. The van der Waals surface area contributed by atoms with Gasteiger partial charge in [0.25, 0.3) is 11.8 Å². The number of halogens is 4. The number of hydrogen-bond donors (Lipinski definition) is 1. The minimum absolute atomic E-state index is 0.0729. The van der Waals surface area contributed by atoms with Gasteiger partial charge in [0.2, 0.25) is 0 Å². The molecule has 2 bridgehead atoms. The van der Waals surface area contributed by atoms with Crippen LogP contribution in [0.1, 0.15) is 30.4 Å². The van der Waals surface area contributed by atoms with Gasteiger partial charge in [-0.05, 0) is 64.9 Å². The lowest BCUT2D eigenvalue weighted by atomic mass is 9.30. The van der Waals surface area contributed by atoms with Gasteiger partial charge in [-0.25, -0.2) is 22.2 Å². The molecule has 4 aliphatic rings. The van der Waals surface area contributed by atoms with Crippen molar-refractivity contribution < 1.29 is 36.9 Å².